The molecular formula is C20H26ClN3O. The molecule has 0 radical (unpaired) electrons. The molecule has 1 aliphatic carbocycles. The maximum absolute atomic E-state index is 13.0. The van der Waals surface area contributed by atoms with Gasteiger partial charge < -0.3 is 0 Å². The van der Waals surface area contributed by atoms with Crippen LogP contribution < -0.4 is 0 Å². The summed E-state index contributed by atoms with van der Waals surface area (Å²) in [6.45, 7) is 2.78. The molecule has 2 aliphatic heterocycles. The van der Waals surface area contributed by atoms with Gasteiger partial charge in [0.15, 0.2) is 0 Å². The first-order valence-corrected chi connectivity index (χ1v) is 9.98. The fourth-order valence-electron chi connectivity index (χ4n) is 4.48. The number of hydrazone groups is 1. The maximum atomic E-state index is 13.0. The first-order chi connectivity index (χ1) is 12.2. The summed E-state index contributed by atoms with van der Waals surface area (Å²) >= 11 is 6.06. The van der Waals surface area contributed by atoms with Crippen molar-refractivity contribution in [2.24, 2.45) is 16.9 Å². The second-order valence-corrected chi connectivity index (χ2v) is 7.98. The predicted octanol–water partition coefficient (Wildman–Crippen LogP) is 4.14. The van der Waals surface area contributed by atoms with Crippen molar-refractivity contribution < 1.29 is 4.79 Å². The van der Waals surface area contributed by atoms with Gasteiger partial charge in [-0.1, -0.05) is 43.0 Å². The number of nitrogens with zero attached hydrogens (tertiary/aromatic N) is 3. The molecule has 2 atom stereocenters. The second-order valence-electron chi connectivity index (χ2n) is 7.55. The largest absolute Gasteiger partial charge is 0.284 e. The van der Waals surface area contributed by atoms with Gasteiger partial charge in [-0.3, -0.25) is 9.69 Å². The Kier molecular flexibility index (Phi) is 5.09. The van der Waals surface area contributed by atoms with Crippen LogP contribution in [0, 0.1) is 11.8 Å². The van der Waals surface area contributed by atoms with Crippen LogP contribution in [0.1, 0.15) is 50.5 Å². The van der Waals surface area contributed by atoms with Gasteiger partial charge in [-0.2, -0.15) is 5.10 Å². The molecule has 0 spiro atoms. The van der Waals surface area contributed by atoms with E-state index >= 15 is 0 Å². The van der Waals surface area contributed by atoms with Crippen LogP contribution in [0.2, 0.25) is 5.02 Å². The lowest BCUT2D eigenvalue weighted by molar-refractivity contribution is -0.141. The molecule has 1 aromatic rings. The number of rotatable bonds is 3. The molecule has 3 aliphatic rings. The average Bonchev–Trinajstić information content (AvgIpc) is 2.66. The lowest BCUT2D eigenvalue weighted by Crippen LogP contribution is -2.50. The maximum Gasteiger partial charge on any atom is 0.247 e. The monoisotopic (exact) mass is 359 g/mol. The highest BCUT2D eigenvalue weighted by molar-refractivity contribution is 6.30. The van der Waals surface area contributed by atoms with Crippen molar-refractivity contribution in [3.05, 3.63) is 34.9 Å². The fraction of sp³-hybridized carbons (Fsp3) is 0.600. The smallest absolute Gasteiger partial charge is 0.247 e. The molecule has 1 saturated heterocycles. The standard InChI is InChI=1S/C20H26ClN3O/c21-16-10-8-15(9-11-16)19-17-6-2-3-7-18(17)20(25)24(22-19)14-23-12-4-1-5-13-23/h8-11,17-18H,1-7,12-14H2. The van der Waals surface area contributed by atoms with Crippen molar-refractivity contribution in [3.63, 3.8) is 0 Å². The highest BCUT2D eigenvalue weighted by Gasteiger charge is 2.41. The minimum Gasteiger partial charge on any atom is -0.284 e. The Morgan fingerprint density at radius 2 is 1.64 bits per heavy atom. The quantitative estimate of drug-likeness (QED) is 0.813. The van der Waals surface area contributed by atoms with Crippen LogP contribution >= 0.6 is 11.6 Å². The number of halogens is 1. The summed E-state index contributed by atoms with van der Waals surface area (Å²) in [5.41, 5.74) is 2.19. The number of hydrogen-bond acceptors (Lipinski definition) is 3. The number of carbonyl (C=O) groups excluding carboxylic acids is 1. The first kappa shape index (κ1) is 17.0. The molecule has 25 heavy (non-hydrogen) atoms. The zero-order chi connectivity index (χ0) is 17.2. The zero-order valence-corrected chi connectivity index (χ0v) is 15.4. The molecule has 5 heteroatoms. The number of piperidine rings is 1. The summed E-state index contributed by atoms with van der Waals surface area (Å²) in [4.78, 5) is 15.4. The van der Waals surface area contributed by atoms with Gasteiger partial charge in [0.25, 0.3) is 0 Å². The van der Waals surface area contributed by atoms with E-state index in [0.717, 1.165) is 48.6 Å². The van der Waals surface area contributed by atoms with E-state index in [4.69, 9.17) is 16.7 Å². The van der Waals surface area contributed by atoms with E-state index in [9.17, 15) is 4.79 Å². The molecule has 4 rings (SSSR count). The summed E-state index contributed by atoms with van der Waals surface area (Å²) in [6, 6.07) is 7.93. The van der Waals surface area contributed by atoms with Crippen molar-refractivity contribution in [1.82, 2.24) is 9.91 Å². The van der Waals surface area contributed by atoms with Gasteiger partial charge in [-0.25, -0.2) is 5.01 Å². The third-order valence-corrected chi connectivity index (χ3v) is 6.09. The highest BCUT2D eigenvalue weighted by atomic mass is 35.5. The molecule has 1 amide bonds. The first-order valence-electron chi connectivity index (χ1n) is 9.60. The number of fused-ring (bicyclic) bond motifs is 1. The van der Waals surface area contributed by atoms with E-state index in [1.54, 1.807) is 5.01 Å². The van der Waals surface area contributed by atoms with E-state index in [1.807, 2.05) is 24.3 Å². The molecule has 4 nitrogen and oxygen atoms in total. The lowest BCUT2D eigenvalue weighted by atomic mass is 9.73. The van der Waals surface area contributed by atoms with Crippen LogP contribution in [0.4, 0.5) is 0 Å². The Hall–Kier alpha value is -1.39. The molecule has 0 bridgehead atoms. The van der Waals surface area contributed by atoms with E-state index in [0.29, 0.717) is 6.67 Å². The van der Waals surface area contributed by atoms with E-state index in [2.05, 4.69) is 4.90 Å². The van der Waals surface area contributed by atoms with Gasteiger partial charge in [-0.05, 0) is 56.5 Å². The zero-order valence-electron chi connectivity index (χ0n) is 14.7. The van der Waals surface area contributed by atoms with Crippen molar-refractivity contribution in [2.45, 2.75) is 44.9 Å². The number of amides is 1. The van der Waals surface area contributed by atoms with Crippen molar-refractivity contribution in [1.29, 1.82) is 0 Å². The number of carbonyl (C=O) groups is 1. The molecule has 1 aromatic carbocycles. The van der Waals surface area contributed by atoms with Crippen LogP contribution in [0.5, 0.6) is 0 Å². The van der Waals surface area contributed by atoms with Gasteiger partial charge in [0, 0.05) is 16.9 Å². The molecule has 0 aromatic heterocycles. The van der Waals surface area contributed by atoms with Crippen molar-refractivity contribution in [3.8, 4) is 0 Å². The summed E-state index contributed by atoms with van der Waals surface area (Å²) in [5.74, 6) is 0.592. The van der Waals surface area contributed by atoms with Crippen LogP contribution in [-0.2, 0) is 4.79 Å². The normalized spacial score (nSPS) is 27.8. The topological polar surface area (TPSA) is 35.9 Å². The van der Waals surface area contributed by atoms with Gasteiger partial charge in [0.05, 0.1) is 12.4 Å². The predicted molar refractivity (Wildman–Crippen MR) is 101 cm³/mol. The minimum atomic E-state index is 0.0988. The third kappa shape index (κ3) is 3.61. The SMILES string of the molecule is O=C1C2CCCCC2C(c2ccc(Cl)cc2)=NN1CN1CCCCC1. The Morgan fingerprint density at radius 3 is 2.36 bits per heavy atom. The molecule has 134 valence electrons. The van der Waals surface area contributed by atoms with E-state index < -0.39 is 0 Å². The average molecular weight is 360 g/mol. The molecular weight excluding hydrogens is 334 g/mol. The lowest BCUT2D eigenvalue weighted by Gasteiger charge is -2.40. The third-order valence-electron chi connectivity index (χ3n) is 5.84. The van der Waals surface area contributed by atoms with Gasteiger partial charge in [0.2, 0.25) is 5.91 Å². The van der Waals surface area contributed by atoms with Crippen molar-refractivity contribution in [2.75, 3.05) is 19.8 Å². The minimum absolute atomic E-state index is 0.0988. The van der Waals surface area contributed by atoms with Gasteiger partial charge in [-0.15, -0.1) is 0 Å². The number of benzene rings is 1. The summed E-state index contributed by atoms with van der Waals surface area (Å²) in [6.07, 6.45) is 8.14. The summed E-state index contributed by atoms with van der Waals surface area (Å²) in [5, 5.41) is 7.35. The summed E-state index contributed by atoms with van der Waals surface area (Å²) < 4.78 is 0. The second kappa shape index (κ2) is 7.46. The Balaban J connectivity index is 1.64. The van der Waals surface area contributed by atoms with Crippen LogP contribution in [0.3, 0.4) is 0 Å². The summed E-state index contributed by atoms with van der Waals surface area (Å²) in [7, 11) is 0. The van der Waals surface area contributed by atoms with Crippen LogP contribution in [0.25, 0.3) is 0 Å². The Morgan fingerprint density at radius 1 is 0.960 bits per heavy atom. The van der Waals surface area contributed by atoms with Crippen molar-refractivity contribution >= 4 is 23.2 Å². The van der Waals surface area contributed by atoms with E-state index in [-0.39, 0.29) is 17.7 Å². The van der Waals surface area contributed by atoms with Gasteiger partial charge >= 0.3 is 0 Å². The number of hydrogen-bond donors (Lipinski definition) is 0. The molecule has 1 saturated carbocycles. The van der Waals surface area contributed by atoms with Crippen LogP contribution in [0.15, 0.2) is 29.4 Å². The van der Waals surface area contributed by atoms with Crippen LogP contribution in [-0.4, -0.2) is 41.3 Å². The Labute approximate surface area is 154 Å². The molecule has 0 N–H and O–H groups in total. The molecule has 2 unspecified atom stereocenters. The van der Waals surface area contributed by atoms with Gasteiger partial charge in [0.1, 0.15) is 0 Å². The Bertz CT molecular complexity index is 651. The van der Waals surface area contributed by atoms with E-state index in [1.165, 1.54) is 25.7 Å². The molecule has 2 heterocycles. The number of likely N-dealkylation sites (tertiary alicyclic amines) is 1. The highest BCUT2D eigenvalue weighted by Crippen LogP contribution is 2.37. The fourth-order valence-corrected chi connectivity index (χ4v) is 4.61. The molecule has 2 fully saturated rings.